The van der Waals surface area contributed by atoms with Crippen molar-refractivity contribution >= 4 is 17.9 Å². The van der Waals surface area contributed by atoms with E-state index in [2.05, 4.69) is 24.8 Å². The molecule has 138 valence electrons. The minimum absolute atomic E-state index is 0.243. The highest BCUT2D eigenvalue weighted by Gasteiger charge is 2.21. The number of halogens is 1. The molecule has 1 amide bonds. The second-order valence-electron chi connectivity index (χ2n) is 5.92. The van der Waals surface area contributed by atoms with Crippen molar-refractivity contribution in [1.29, 1.82) is 0 Å². The van der Waals surface area contributed by atoms with Gasteiger partial charge in [-0.2, -0.15) is 4.39 Å². The van der Waals surface area contributed by atoms with Gasteiger partial charge in [-0.3, -0.25) is 4.90 Å². The van der Waals surface area contributed by atoms with Crippen LogP contribution in [0.5, 0.6) is 0 Å². The van der Waals surface area contributed by atoms with Crippen LogP contribution in [0.15, 0.2) is 17.4 Å². The number of rotatable bonds is 4. The van der Waals surface area contributed by atoms with Crippen molar-refractivity contribution in [3.63, 3.8) is 0 Å². The van der Waals surface area contributed by atoms with Gasteiger partial charge in [0.2, 0.25) is 5.95 Å². The number of piperazine rings is 1. The summed E-state index contributed by atoms with van der Waals surface area (Å²) in [7, 11) is 0. The molecule has 3 heterocycles. The number of aryl methyl sites for hydroxylation is 1. The van der Waals surface area contributed by atoms with Crippen LogP contribution in [0.2, 0.25) is 0 Å². The van der Waals surface area contributed by atoms with Crippen LogP contribution in [0.3, 0.4) is 0 Å². The fraction of sp³-hybridized carbons (Fsp3) is 0.438. The third-order valence-corrected chi connectivity index (χ3v) is 4.64. The predicted molar refractivity (Wildman–Crippen MR) is 94.4 cm³/mol. The molecule has 1 saturated heterocycles. The van der Waals surface area contributed by atoms with Gasteiger partial charge in [0.1, 0.15) is 5.82 Å². The van der Waals surface area contributed by atoms with Crippen molar-refractivity contribution in [2.24, 2.45) is 0 Å². The Bertz CT molecular complexity index is 813. The maximum Gasteiger partial charge on any atom is 0.407 e. The van der Waals surface area contributed by atoms with Gasteiger partial charge in [-0.15, -0.1) is 0 Å². The summed E-state index contributed by atoms with van der Waals surface area (Å²) in [6.45, 7) is 4.47. The molecule has 0 unspecified atom stereocenters. The molecular formula is C16H19FN6O2S. The van der Waals surface area contributed by atoms with Gasteiger partial charge in [0.15, 0.2) is 11.0 Å². The fourth-order valence-electron chi connectivity index (χ4n) is 2.76. The van der Waals surface area contributed by atoms with Gasteiger partial charge < -0.3 is 10.0 Å². The average Bonchev–Trinajstić information content (AvgIpc) is 2.63. The summed E-state index contributed by atoms with van der Waals surface area (Å²) in [6.07, 6.45) is 2.44. The maximum absolute atomic E-state index is 14.2. The summed E-state index contributed by atoms with van der Waals surface area (Å²) in [5.74, 6) is 0.167. The highest BCUT2D eigenvalue weighted by Crippen LogP contribution is 2.22. The average molecular weight is 378 g/mol. The Balaban J connectivity index is 1.78. The first kappa shape index (κ1) is 18.5. The van der Waals surface area contributed by atoms with Crippen LogP contribution in [0.1, 0.15) is 11.4 Å². The van der Waals surface area contributed by atoms with Crippen LogP contribution < -0.4 is 0 Å². The lowest BCUT2D eigenvalue weighted by molar-refractivity contribution is 0.103. The fourth-order valence-corrected chi connectivity index (χ4v) is 3.16. The minimum Gasteiger partial charge on any atom is -0.465 e. The zero-order chi connectivity index (χ0) is 18.7. The van der Waals surface area contributed by atoms with Crippen LogP contribution in [-0.2, 0) is 6.54 Å². The van der Waals surface area contributed by atoms with Crippen molar-refractivity contribution in [1.82, 2.24) is 29.7 Å². The first-order valence-electron chi connectivity index (χ1n) is 8.08. The molecule has 0 saturated carbocycles. The molecule has 2 aromatic rings. The Hall–Kier alpha value is -2.33. The number of amides is 1. The highest BCUT2D eigenvalue weighted by molar-refractivity contribution is 7.98. The van der Waals surface area contributed by atoms with Gasteiger partial charge in [0.05, 0.1) is 5.56 Å². The van der Waals surface area contributed by atoms with Gasteiger partial charge in [0.25, 0.3) is 0 Å². The molecule has 2 aromatic heterocycles. The van der Waals surface area contributed by atoms with E-state index in [1.165, 1.54) is 22.9 Å². The Kier molecular flexibility index (Phi) is 5.62. The summed E-state index contributed by atoms with van der Waals surface area (Å²) in [5.41, 5.74) is 1.07. The largest absolute Gasteiger partial charge is 0.465 e. The molecule has 10 heteroatoms. The van der Waals surface area contributed by atoms with E-state index in [1.54, 1.807) is 13.0 Å². The highest BCUT2D eigenvalue weighted by atomic mass is 32.2. The van der Waals surface area contributed by atoms with E-state index in [1.807, 2.05) is 6.26 Å². The minimum atomic E-state index is -0.898. The third kappa shape index (κ3) is 4.25. The second kappa shape index (κ2) is 7.92. The van der Waals surface area contributed by atoms with Crippen LogP contribution in [0.4, 0.5) is 9.18 Å². The molecule has 26 heavy (non-hydrogen) atoms. The van der Waals surface area contributed by atoms with Gasteiger partial charge >= 0.3 is 6.09 Å². The lowest BCUT2D eigenvalue weighted by Gasteiger charge is -2.33. The number of aromatic nitrogens is 4. The Labute approximate surface area is 154 Å². The number of hydrogen-bond donors (Lipinski definition) is 1. The number of hydrogen-bond acceptors (Lipinski definition) is 7. The van der Waals surface area contributed by atoms with E-state index in [0.717, 1.165) is 5.56 Å². The number of thioether (sulfide) groups is 1. The molecule has 8 nitrogen and oxygen atoms in total. The van der Waals surface area contributed by atoms with E-state index >= 15 is 0 Å². The lowest BCUT2D eigenvalue weighted by Crippen LogP contribution is -2.47. The van der Waals surface area contributed by atoms with Gasteiger partial charge in [-0.25, -0.2) is 24.7 Å². The summed E-state index contributed by atoms with van der Waals surface area (Å²) in [5, 5.41) is 9.54. The van der Waals surface area contributed by atoms with Crippen molar-refractivity contribution in [3.05, 3.63) is 29.6 Å². The molecule has 0 atom stereocenters. The zero-order valence-corrected chi connectivity index (χ0v) is 15.3. The first-order chi connectivity index (χ1) is 12.5. The van der Waals surface area contributed by atoms with Crippen LogP contribution >= 0.6 is 11.8 Å². The smallest absolute Gasteiger partial charge is 0.407 e. The Morgan fingerprint density at radius 2 is 2.00 bits per heavy atom. The Morgan fingerprint density at radius 3 is 2.65 bits per heavy atom. The van der Waals surface area contributed by atoms with Gasteiger partial charge in [-0.1, -0.05) is 11.8 Å². The summed E-state index contributed by atoms with van der Waals surface area (Å²) in [4.78, 5) is 31.0. The molecule has 1 aliphatic rings. The lowest BCUT2D eigenvalue weighted by atomic mass is 10.1. The molecule has 0 aromatic carbocycles. The van der Waals surface area contributed by atoms with Gasteiger partial charge in [-0.05, 0) is 24.8 Å². The Morgan fingerprint density at radius 1 is 1.27 bits per heavy atom. The maximum atomic E-state index is 14.2. The molecule has 0 bridgehead atoms. The standard InChI is InChI=1S/C16H19FN6O2S/c1-10-19-14(21-15(20-10)26-2)12-7-11(8-18-13(12)17)9-22-3-5-23(6-4-22)16(24)25/h7-8H,3-6,9H2,1-2H3,(H,24,25). The van der Waals surface area contributed by atoms with Crippen LogP contribution in [0.25, 0.3) is 11.4 Å². The van der Waals surface area contributed by atoms with Crippen molar-refractivity contribution in [2.75, 3.05) is 32.4 Å². The molecule has 1 aliphatic heterocycles. The topological polar surface area (TPSA) is 95.3 Å². The van der Waals surface area contributed by atoms with Gasteiger partial charge in [0, 0.05) is 38.9 Å². The van der Waals surface area contributed by atoms with Crippen molar-refractivity contribution in [3.8, 4) is 11.4 Å². The quantitative estimate of drug-likeness (QED) is 0.637. The molecular weight excluding hydrogens is 359 g/mol. The SMILES string of the molecule is CSc1nc(C)nc(-c2cc(CN3CCN(C(=O)O)CC3)cnc2F)n1. The molecule has 1 N–H and O–H groups in total. The first-order valence-corrected chi connectivity index (χ1v) is 9.30. The number of pyridine rings is 1. The van der Waals surface area contributed by atoms with Crippen LogP contribution in [0, 0.1) is 12.9 Å². The zero-order valence-electron chi connectivity index (χ0n) is 14.5. The molecule has 1 fully saturated rings. The van der Waals surface area contributed by atoms with E-state index < -0.39 is 12.0 Å². The summed E-state index contributed by atoms with van der Waals surface area (Å²) >= 11 is 1.37. The molecule has 0 spiro atoms. The van der Waals surface area contributed by atoms with E-state index in [4.69, 9.17) is 5.11 Å². The summed E-state index contributed by atoms with van der Waals surface area (Å²) in [6, 6.07) is 1.70. The number of carboxylic acid groups (broad SMARTS) is 1. The second-order valence-corrected chi connectivity index (χ2v) is 6.69. The molecule has 0 radical (unpaired) electrons. The molecule has 3 rings (SSSR count). The predicted octanol–water partition coefficient (Wildman–Crippen LogP) is 1.90. The van der Waals surface area contributed by atoms with E-state index in [9.17, 15) is 9.18 Å². The van der Waals surface area contributed by atoms with Crippen LogP contribution in [-0.4, -0.2) is 73.4 Å². The summed E-state index contributed by atoms with van der Waals surface area (Å²) < 4.78 is 14.2. The van der Waals surface area contributed by atoms with E-state index in [-0.39, 0.29) is 11.4 Å². The monoisotopic (exact) mass is 378 g/mol. The van der Waals surface area contributed by atoms with Crippen molar-refractivity contribution < 1.29 is 14.3 Å². The third-order valence-electron chi connectivity index (χ3n) is 4.09. The normalized spacial score (nSPS) is 15.3. The molecule has 0 aliphatic carbocycles. The number of carbonyl (C=O) groups is 1. The number of nitrogens with zero attached hydrogens (tertiary/aromatic N) is 6. The van der Waals surface area contributed by atoms with E-state index in [0.29, 0.717) is 43.7 Å². The van der Waals surface area contributed by atoms with Crippen molar-refractivity contribution in [2.45, 2.75) is 18.6 Å².